The van der Waals surface area contributed by atoms with E-state index < -0.39 is 0 Å². The van der Waals surface area contributed by atoms with Crippen molar-refractivity contribution in [2.75, 3.05) is 13.2 Å². The maximum Gasteiger partial charge on any atom is 0.0716 e. The Bertz CT molecular complexity index is 298. The van der Waals surface area contributed by atoms with Crippen molar-refractivity contribution in [2.45, 2.75) is 64.4 Å². The van der Waals surface area contributed by atoms with Gasteiger partial charge >= 0.3 is 0 Å². The summed E-state index contributed by atoms with van der Waals surface area (Å²) < 4.78 is 5.67. The monoisotopic (exact) mass is 278 g/mol. The largest absolute Gasteiger partial charge is 0.396 e. The molecule has 0 atom stereocenters. The molecule has 0 radical (unpaired) electrons. The third-order valence-corrected chi connectivity index (χ3v) is 3.56. The van der Waals surface area contributed by atoms with Crippen LogP contribution in [0, 0.1) is 0 Å². The Morgan fingerprint density at radius 1 is 0.700 bits per heavy atom. The van der Waals surface area contributed by atoms with Gasteiger partial charge in [0.05, 0.1) is 6.61 Å². The molecule has 0 bridgehead atoms. The molecule has 0 aromatic heterocycles. The summed E-state index contributed by atoms with van der Waals surface area (Å²) in [7, 11) is 0. The number of benzene rings is 1. The lowest BCUT2D eigenvalue weighted by molar-refractivity contribution is 0.116. The van der Waals surface area contributed by atoms with E-state index in [2.05, 4.69) is 24.3 Å². The fourth-order valence-electron chi connectivity index (χ4n) is 2.32. The molecule has 0 aliphatic heterocycles. The van der Waals surface area contributed by atoms with E-state index in [9.17, 15) is 0 Å². The molecule has 1 aromatic carbocycles. The van der Waals surface area contributed by atoms with Gasteiger partial charge in [-0.05, 0) is 18.4 Å². The number of rotatable bonds is 13. The second-order valence-electron chi connectivity index (χ2n) is 5.44. The van der Waals surface area contributed by atoms with E-state index in [1.54, 1.807) is 0 Å². The maximum atomic E-state index is 8.67. The van der Waals surface area contributed by atoms with Crippen LogP contribution in [0.2, 0.25) is 0 Å². The first kappa shape index (κ1) is 17.2. The second-order valence-corrected chi connectivity index (χ2v) is 5.44. The van der Waals surface area contributed by atoms with Crippen molar-refractivity contribution in [3.63, 3.8) is 0 Å². The smallest absolute Gasteiger partial charge is 0.0716 e. The highest BCUT2D eigenvalue weighted by Crippen LogP contribution is 2.10. The first-order valence-electron chi connectivity index (χ1n) is 8.16. The van der Waals surface area contributed by atoms with Crippen LogP contribution in [-0.4, -0.2) is 18.3 Å². The predicted octanol–water partition coefficient (Wildman–Crippen LogP) is 4.71. The lowest BCUT2D eigenvalue weighted by Gasteiger charge is -2.04. The van der Waals surface area contributed by atoms with Crippen LogP contribution in [0.25, 0.3) is 0 Å². The molecule has 1 aromatic rings. The van der Waals surface area contributed by atoms with Crippen LogP contribution < -0.4 is 0 Å². The topological polar surface area (TPSA) is 29.5 Å². The first-order valence-corrected chi connectivity index (χ1v) is 8.16. The van der Waals surface area contributed by atoms with Crippen LogP contribution in [0.15, 0.2) is 30.3 Å². The van der Waals surface area contributed by atoms with E-state index in [1.165, 1.54) is 56.9 Å². The van der Waals surface area contributed by atoms with Crippen LogP contribution in [0.4, 0.5) is 0 Å². The highest BCUT2D eigenvalue weighted by molar-refractivity contribution is 5.13. The molecule has 0 unspecified atom stereocenters. The molecule has 0 saturated carbocycles. The van der Waals surface area contributed by atoms with Gasteiger partial charge in [-0.25, -0.2) is 0 Å². The molecule has 0 fully saturated rings. The van der Waals surface area contributed by atoms with Crippen molar-refractivity contribution in [3.8, 4) is 0 Å². The van der Waals surface area contributed by atoms with Crippen molar-refractivity contribution in [1.29, 1.82) is 0 Å². The average Bonchev–Trinajstić information content (AvgIpc) is 2.49. The zero-order valence-electron chi connectivity index (χ0n) is 12.7. The Hall–Kier alpha value is -0.860. The van der Waals surface area contributed by atoms with Crippen LogP contribution in [0.5, 0.6) is 0 Å². The van der Waals surface area contributed by atoms with Gasteiger partial charge in [-0.15, -0.1) is 0 Å². The highest BCUT2D eigenvalue weighted by Gasteiger charge is 1.94. The van der Waals surface area contributed by atoms with Crippen molar-refractivity contribution >= 4 is 0 Å². The Labute approximate surface area is 124 Å². The van der Waals surface area contributed by atoms with Gasteiger partial charge in [0.1, 0.15) is 0 Å². The number of hydrogen-bond acceptors (Lipinski definition) is 2. The summed E-state index contributed by atoms with van der Waals surface area (Å²) in [5.41, 5.74) is 1.26. The molecule has 2 heteroatoms. The zero-order valence-corrected chi connectivity index (χ0v) is 12.7. The Morgan fingerprint density at radius 2 is 1.25 bits per heavy atom. The molecule has 0 aliphatic carbocycles. The molecule has 0 amide bonds. The summed E-state index contributed by atoms with van der Waals surface area (Å²) in [5.74, 6) is 0. The van der Waals surface area contributed by atoms with Gasteiger partial charge in [0, 0.05) is 13.2 Å². The van der Waals surface area contributed by atoms with Crippen LogP contribution in [0.1, 0.15) is 63.4 Å². The number of unbranched alkanes of at least 4 members (excludes halogenated alkanes) is 8. The van der Waals surface area contributed by atoms with Crippen molar-refractivity contribution in [1.82, 2.24) is 0 Å². The number of hydrogen-bond donors (Lipinski definition) is 1. The minimum Gasteiger partial charge on any atom is -0.396 e. The fraction of sp³-hybridized carbons (Fsp3) is 0.667. The average molecular weight is 278 g/mol. The van der Waals surface area contributed by atoms with Gasteiger partial charge in [0.25, 0.3) is 0 Å². The van der Waals surface area contributed by atoms with Crippen LogP contribution >= 0.6 is 0 Å². The van der Waals surface area contributed by atoms with E-state index in [0.717, 1.165) is 19.6 Å². The summed E-state index contributed by atoms with van der Waals surface area (Å²) in [5, 5.41) is 8.67. The third-order valence-electron chi connectivity index (χ3n) is 3.56. The minimum absolute atomic E-state index is 0.350. The molecule has 1 N–H and O–H groups in total. The fourth-order valence-corrected chi connectivity index (χ4v) is 2.32. The summed E-state index contributed by atoms with van der Waals surface area (Å²) in [6.45, 7) is 1.97. The molecule has 2 nitrogen and oxygen atoms in total. The summed E-state index contributed by atoms with van der Waals surface area (Å²) >= 11 is 0. The van der Waals surface area contributed by atoms with Crippen molar-refractivity contribution in [3.05, 3.63) is 35.9 Å². The van der Waals surface area contributed by atoms with Gasteiger partial charge in [-0.1, -0.05) is 75.3 Å². The zero-order chi connectivity index (χ0) is 14.3. The van der Waals surface area contributed by atoms with E-state index in [4.69, 9.17) is 9.84 Å². The molecule has 0 aliphatic rings. The number of ether oxygens (including phenoxy) is 1. The molecule has 0 heterocycles. The lowest BCUT2D eigenvalue weighted by Crippen LogP contribution is -1.95. The van der Waals surface area contributed by atoms with Gasteiger partial charge in [-0.3, -0.25) is 0 Å². The predicted molar refractivity (Wildman–Crippen MR) is 84.7 cm³/mol. The summed E-state index contributed by atoms with van der Waals surface area (Å²) in [6, 6.07) is 10.4. The molecule has 0 saturated heterocycles. The van der Waals surface area contributed by atoms with E-state index in [-0.39, 0.29) is 0 Å². The number of aliphatic hydroxyl groups is 1. The molecule has 20 heavy (non-hydrogen) atoms. The Morgan fingerprint density at radius 3 is 1.85 bits per heavy atom. The summed E-state index contributed by atoms with van der Waals surface area (Å²) in [4.78, 5) is 0. The normalized spacial score (nSPS) is 10.8. The van der Waals surface area contributed by atoms with Gasteiger partial charge in [0.15, 0.2) is 0 Å². The first-order chi connectivity index (χ1) is 9.93. The standard InChI is InChI=1S/C18H30O2/c19-15-11-6-4-2-1-3-5-7-12-16-20-17-18-13-9-8-10-14-18/h8-10,13-14,19H,1-7,11-12,15-17H2. The molecule has 0 spiro atoms. The summed E-state index contributed by atoms with van der Waals surface area (Å²) in [6.07, 6.45) is 11.2. The second kappa shape index (κ2) is 13.1. The Balaban J connectivity index is 1.77. The van der Waals surface area contributed by atoms with Crippen molar-refractivity contribution in [2.24, 2.45) is 0 Å². The number of aliphatic hydroxyl groups excluding tert-OH is 1. The van der Waals surface area contributed by atoms with Gasteiger partial charge in [0.2, 0.25) is 0 Å². The molecular formula is C18H30O2. The van der Waals surface area contributed by atoms with E-state index in [0.29, 0.717) is 6.61 Å². The lowest BCUT2D eigenvalue weighted by atomic mass is 10.1. The Kier molecular flexibility index (Phi) is 11.3. The molecular weight excluding hydrogens is 248 g/mol. The van der Waals surface area contributed by atoms with E-state index >= 15 is 0 Å². The minimum atomic E-state index is 0.350. The van der Waals surface area contributed by atoms with Crippen LogP contribution in [0.3, 0.4) is 0 Å². The molecule has 1 rings (SSSR count). The highest BCUT2D eigenvalue weighted by atomic mass is 16.5. The van der Waals surface area contributed by atoms with Crippen LogP contribution in [-0.2, 0) is 11.3 Å². The SMILES string of the molecule is OCCCCCCCCCCCOCc1ccccc1. The van der Waals surface area contributed by atoms with Gasteiger partial charge < -0.3 is 9.84 Å². The quantitative estimate of drug-likeness (QED) is 0.530. The van der Waals surface area contributed by atoms with Crippen molar-refractivity contribution < 1.29 is 9.84 Å². The molecule has 114 valence electrons. The maximum absolute atomic E-state index is 8.67. The van der Waals surface area contributed by atoms with Gasteiger partial charge in [-0.2, -0.15) is 0 Å². The van der Waals surface area contributed by atoms with E-state index in [1.807, 2.05) is 6.07 Å². The third kappa shape index (κ3) is 9.99.